The van der Waals surface area contributed by atoms with Crippen molar-refractivity contribution in [1.82, 2.24) is 0 Å². The van der Waals surface area contributed by atoms with Crippen molar-refractivity contribution in [2.24, 2.45) is 11.7 Å². The number of amides is 2. The van der Waals surface area contributed by atoms with Crippen LogP contribution in [0.15, 0.2) is 54.6 Å². The number of rotatable bonds is 7. The molecule has 3 aromatic rings. The number of anilines is 2. The minimum absolute atomic E-state index is 0.142. The molecule has 6 nitrogen and oxygen atoms in total. The molecule has 6 heteroatoms. The molecule has 0 unspecified atom stereocenters. The first-order chi connectivity index (χ1) is 19.7. The molecule has 41 heavy (non-hydrogen) atoms. The second-order valence-corrected chi connectivity index (χ2v) is 10.9. The molecule has 0 saturated carbocycles. The predicted octanol–water partition coefficient (Wildman–Crippen LogP) is 6.45. The van der Waals surface area contributed by atoms with Gasteiger partial charge in [-0.05, 0) is 103 Å². The van der Waals surface area contributed by atoms with Crippen LogP contribution in [0.4, 0.5) is 11.4 Å². The van der Waals surface area contributed by atoms with E-state index in [1.807, 2.05) is 25.7 Å². The molecular weight excluding hydrogens is 510 g/mol. The molecule has 1 heterocycles. The van der Waals surface area contributed by atoms with E-state index in [-0.39, 0.29) is 24.0 Å². The summed E-state index contributed by atoms with van der Waals surface area (Å²) in [5, 5.41) is 9.22. The van der Waals surface area contributed by atoms with Gasteiger partial charge >= 0.3 is 0 Å². The summed E-state index contributed by atoms with van der Waals surface area (Å²) in [5.74, 6) is 0.791. The Morgan fingerprint density at radius 3 is 2.27 bits per heavy atom. The number of phenols is 1. The summed E-state index contributed by atoms with van der Waals surface area (Å²) in [6.45, 7) is 8.79. The fourth-order valence-corrected chi connectivity index (χ4v) is 5.93. The van der Waals surface area contributed by atoms with Crippen molar-refractivity contribution in [3.8, 4) is 5.75 Å². The summed E-state index contributed by atoms with van der Waals surface area (Å²) in [5.41, 5.74) is 20.0. The Morgan fingerprint density at radius 1 is 0.976 bits per heavy atom. The summed E-state index contributed by atoms with van der Waals surface area (Å²) < 4.78 is 0. The van der Waals surface area contributed by atoms with E-state index in [9.17, 15) is 14.7 Å². The molecule has 0 spiro atoms. The van der Waals surface area contributed by atoms with Crippen molar-refractivity contribution < 1.29 is 14.7 Å². The monoisotopic (exact) mass is 557 g/mol. The van der Waals surface area contributed by atoms with Crippen LogP contribution < -0.4 is 16.4 Å². The zero-order valence-corrected chi connectivity index (χ0v) is 25.2. The van der Waals surface area contributed by atoms with Crippen LogP contribution in [-0.2, 0) is 41.7 Å². The van der Waals surface area contributed by atoms with Gasteiger partial charge in [-0.3, -0.25) is 9.59 Å². The van der Waals surface area contributed by atoms with E-state index in [1.165, 1.54) is 41.2 Å². The number of primary amides is 1. The van der Waals surface area contributed by atoms with Crippen LogP contribution in [0.25, 0.3) is 0 Å². The Hall–Kier alpha value is -3.80. The third kappa shape index (κ3) is 8.59. The van der Waals surface area contributed by atoms with Crippen molar-refractivity contribution in [2.45, 2.75) is 85.5 Å². The smallest absolute Gasteiger partial charge is 0.226 e. The van der Waals surface area contributed by atoms with Gasteiger partial charge in [0.25, 0.3) is 0 Å². The van der Waals surface area contributed by atoms with Crippen molar-refractivity contribution in [1.29, 1.82) is 0 Å². The third-order valence-electron chi connectivity index (χ3n) is 7.80. The van der Waals surface area contributed by atoms with Crippen LogP contribution in [0.1, 0.15) is 79.8 Å². The fraction of sp³-hybridized carbons (Fsp3) is 0.429. The highest BCUT2D eigenvalue weighted by Gasteiger charge is 2.24. The molecule has 3 aromatic carbocycles. The number of fused-ring (bicyclic) bond motifs is 2. The molecule has 1 aliphatic carbocycles. The number of nitrogens with two attached hydrogens (primary N) is 2. The number of nitrogens with zero attached hydrogens (tertiary/aromatic N) is 1. The largest absolute Gasteiger partial charge is 0.508 e. The molecule has 1 aliphatic heterocycles. The van der Waals surface area contributed by atoms with Crippen molar-refractivity contribution in [3.05, 3.63) is 88.0 Å². The van der Waals surface area contributed by atoms with Crippen LogP contribution in [0.3, 0.4) is 0 Å². The van der Waals surface area contributed by atoms with Gasteiger partial charge in [0.15, 0.2) is 0 Å². The van der Waals surface area contributed by atoms with Gasteiger partial charge < -0.3 is 21.5 Å². The van der Waals surface area contributed by atoms with Crippen LogP contribution in [0, 0.1) is 12.8 Å². The molecule has 0 aromatic heterocycles. The molecule has 0 saturated heterocycles. The van der Waals surface area contributed by atoms with Gasteiger partial charge in [-0.2, -0.15) is 0 Å². The molecule has 0 radical (unpaired) electrons. The topological polar surface area (TPSA) is 110 Å². The molecule has 5 N–H and O–H groups in total. The fourth-order valence-electron chi connectivity index (χ4n) is 5.93. The average Bonchev–Trinajstić information content (AvgIpc) is 3.36. The maximum atomic E-state index is 12.4. The van der Waals surface area contributed by atoms with Crippen LogP contribution in [-0.4, -0.2) is 23.5 Å². The van der Waals surface area contributed by atoms with Gasteiger partial charge in [0.2, 0.25) is 11.8 Å². The molecule has 0 bridgehead atoms. The van der Waals surface area contributed by atoms with Gasteiger partial charge in [-0.1, -0.05) is 57.2 Å². The minimum atomic E-state index is -0.350. The summed E-state index contributed by atoms with van der Waals surface area (Å²) >= 11 is 0. The molecular formula is C35H47N3O3. The Kier molecular flexibility index (Phi) is 11.8. The zero-order chi connectivity index (χ0) is 29.9. The van der Waals surface area contributed by atoms with Gasteiger partial charge in [0.05, 0.1) is 0 Å². The quantitative estimate of drug-likeness (QED) is 0.290. The standard InChI is InChI=1S/C23H27NO.C10H14N2O2.C2H6/c1-2-6-23(25)24-12-5-9-21-14-17(10-11-22(21)24)13-18-15-19-7-3-4-8-20(19)16-18;1-6-4-7(13)5-9(11)8(6)2-3-10(12)14;1-2/h3-4,7-8,10-11,14,18H,2,5-6,9,12-13,15-16H2,1H3;4-5,13H,2-3,11H2,1H3,(H2,12,14);1-2H3. The summed E-state index contributed by atoms with van der Waals surface area (Å²) in [7, 11) is 0. The van der Waals surface area contributed by atoms with Gasteiger partial charge in [0.1, 0.15) is 5.75 Å². The number of hydrogen-bond donors (Lipinski definition) is 3. The van der Waals surface area contributed by atoms with E-state index >= 15 is 0 Å². The van der Waals surface area contributed by atoms with E-state index in [4.69, 9.17) is 11.5 Å². The predicted molar refractivity (Wildman–Crippen MR) is 169 cm³/mol. The number of aryl methyl sites for hydroxylation is 2. The van der Waals surface area contributed by atoms with Crippen molar-refractivity contribution in [2.75, 3.05) is 17.2 Å². The Bertz CT molecular complexity index is 1290. The molecule has 2 aliphatic rings. The summed E-state index contributed by atoms with van der Waals surface area (Å²) in [4.78, 5) is 25.0. The molecule has 5 rings (SSSR count). The SMILES string of the molecule is CC.CCCC(=O)N1CCCc2cc(CC3Cc4ccccc4C3)ccc21.Cc1cc(O)cc(N)c1CCC(N)=O. The van der Waals surface area contributed by atoms with E-state index in [2.05, 4.69) is 49.4 Å². The highest BCUT2D eigenvalue weighted by Crippen LogP contribution is 2.32. The van der Waals surface area contributed by atoms with Gasteiger partial charge in [-0.15, -0.1) is 0 Å². The number of carbonyl (C=O) groups is 2. The number of hydrogen-bond acceptors (Lipinski definition) is 4. The number of benzene rings is 3. The first-order valence-electron chi connectivity index (χ1n) is 15.1. The first kappa shape index (κ1) is 31.7. The summed E-state index contributed by atoms with van der Waals surface area (Å²) in [6, 6.07) is 18.8. The Balaban J connectivity index is 0.000000247. The summed E-state index contributed by atoms with van der Waals surface area (Å²) in [6.07, 6.45) is 8.11. The van der Waals surface area contributed by atoms with Gasteiger partial charge in [0, 0.05) is 36.8 Å². The lowest BCUT2D eigenvalue weighted by molar-refractivity contribution is -0.119. The van der Waals surface area contributed by atoms with E-state index in [0.29, 0.717) is 18.5 Å². The van der Waals surface area contributed by atoms with E-state index in [1.54, 1.807) is 6.07 Å². The minimum Gasteiger partial charge on any atom is -0.508 e. The Labute approximate surface area is 245 Å². The lowest BCUT2D eigenvalue weighted by atomic mass is 9.92. The van der Waals surface area contributed by atoms with Gasteiger partial charge in [-0.25, -0.2) is 0 Å². The number of aromatic hydroxyl groups is 1. The van der Waals surface area contributed by atoms with Crippen LogP contribution in [0.5, 0.6) is 5.75 Å². The highest BCUT2D eigenvalue weighted by atomic mass is 16.3. The highest BCUT2D eigenvalue weighted by molar-refractivity contribution is 5.94. The number of carbonyl (C=O) groups excluding carboxylic acids is 2. The van der Waals surface area contributed by atoms with Crippen molar-refractivity contribution in [3.63, 3.8) is 0 Å². The average molecular weight is 558 g/mol. The lowest BCUT2D eigenvalue weighted by Crippen LogP contribution is -2.35. The second kappa shape index (κ2) is 15.3. The van der Waals surface area contributed by atoms with Crippen LogP contribution >= 0.6 is 0 Å². The molecule has 2 amide bonds. The third-order valence-corrected chi connectivity index (χ3v) is 7.80. The molecule has 220 valence electrons. The zero-order valence-electron chi connectivity index (χ0n) is 25.2. The van der Waals surface area contributed by atoms with E-state index < -0.39 is 0 Å². The first-order valence-corrected chi connectivity index (χ1v) is 15.1. The Morgan fingerprint density at radius 2 is 1.66 bits per heavy atom. The maximum Gasteiger partial charge on any atom is 0.226 e. The van der Waals surface area contributed by atoms with E-state index in [0.717, 1.165) is 55.0 Å². The van der Waals surface area contributed by atoms with Crippen molar-refractivity contribution >= 4 is 23.2 Å². The molecule has 0 atom stereocenters. The lowest BCUT2D eigenvalue weighted by Gasteiger charge is -2.30. The molecule has 0 fully saturated rings. The number of phenolic OH excluding ortho intramolecular Hbond substituents is 1. The normalized spacial score (nSPS) is 13.7. The van der Waals surface area contributed by atoms with Crippen LogP contribution in [0.2, 0.25) is 0 Å². The maximum absolute atomic E-state index is 12.4. The number of nitrogen functional groups attached to an aromatic ring is 1. The second-order valence-electron chi connectivity index (χ2n) is 10.9.